The number of carbonyl (C=O) groups is 2. The smallest absolute Gasteiger partial charge is 0.406 e. The Hall–Kier alpha value is -1.31. The molecule has 3 N–H and O–H groups in total. The van der Waals surface area contributed by atoms with Crippen LogP contribution in [0.5, 0.6) is 0 Å². The lowest BCUT2D eigenvalue weighted by atomic mass is 10.1. The van der Waals surface area contributed by atoms with E-state index in [1.807, 2.05) is 0 Å². The summed E-state index contributed by atoms with van der Waals surface area (Å²) < 4.78 is 36.4. The van der Waals surface area contributed by atoms with Crippen LogP contribution in [0.25, 0.3) is 0 Å². The Morgan fingerprint density at radius 3 is 2.29 bits per heavy atom. The number of hydrogen-bond acceptors (Lipinski definition) is 3. The van der Waals surface area contributed by atoms with Crippen LogP contribution in [0.15, 0.2) is 0 Å². The Labute approximate surface area is 96.4 Å². The molecule has 1 unspecified atom stereocenters. The number of carboxylic acids is 1. The van der Waals surface area contributed by atoms with Crippen LogP contribution in [0.3, 0.4) is 0 Å². The first-order chi connectivity index (χ1) is 7.65. The Kier molecular flexibility index (Phi) is 5.94. The SMILES string of the molecule is CCC(N)CC(=O)N(CC(=O)O)CC(F)(F)F. The van der Waals surface area contributed by atoms with E-state index in [0.717, 1.165) is 0 Å². The van der Waals surface area contributed by atoms with E-state index in [1.165, 1.54) is 0 Å². The van der Waals surface area contributed by atoms with Crippen molar-refractivity contribution in [3.05, 3.63) is 0 Å². The van der Waals surface area contributed by atoms with Crippen molar-refractivity contribution >= 4 is 11.9 Å². The molecule has 0 aliphatic rings. The number of carboxylic acid groups (broad SMARTS) is 1. The quantitative estimate of drug-likeness (QED) is 0.728. The van der Waals surface area contributed by atoms with Crippen molar-refractivity contribution in [2.75, 3.05) is 13.1 Å². The molecule has 8 heteroatoms. The molecule has 0 aliphatic carbocycles. The highest BCUT2D eigenvalue weighted by molar-refractivity contribution is 5.81. The summed E-state index contributed by atoms with van der Waals surface area (Å²) in [5, 5.41) is 8.43. The molecule has 0 saturated carbocycles. The molecule has 5 nitrogen and oxygen atoms in total. The number of halogens is 3. The monoisotopic (exact) mass is 256 g/mol. The molecule has 0 rings (SSSR count). The van der Waals surface area contributed by atoms with Crippen LogP contribution in [0.2, 0.25) is 0 Å². The van der Waals surface area contributed by atoms with E-state index < -0.39 is 37.2 Å². The molecule has 17 heavy (non-hydrogen) atoms. The molecule has 0 heterocycles. The predicted molar refractivity (Wildman–Crippen MR) is 53.2 cm³/mol. The molecule has 0 fully saturated rings. The lowest BCUT2D eigenvalue weighted by Gasteiger charge is -2.23. The van der Waals surface area contributed by atoms with Gasteiger partial charge in [0.15, 0.2) is 0 Å². The molecule has 1 amide bonds. The summed E-state index contributed by atoms with van der Waals surface area (Å²) in [5.74, 6) is -2.40. The zero-order valence-corrected chi connectivity index (χ0v) is 9.33. The highest BCUT2D eigenvalue weighted by atomic mass is 19.4. The number of alkyl halides is 3. The van der Waals surface area contributed by atoms with Crippen LogP contribution >= 0.6 is 0 Å². The van der Waals surface area contributed by atoms with Gasteiger partial charge in [-0.05, 0) is 6.42 Å². The summed E-state index contributed by atoms with van der Waals surface area (Å²) in [6.07, 6.45) is -4.49. The summed E-state index contributed by atoms with van der Waals surface area (Å²) in [6.45, 7) is -0.868. The third-order valence-electron chi connectivity index (χ3n) is 2.01. The molecule has 0 aromatic heterocycles. The van der Waals surface area contributed by atoms with Crippen LogP contribution in [-0.4, -0.2) is 47.2 Å². The Balaban J connectivity index is 4.56. The highest BCUT2D eigenvalue weighted by Crippen LogP contribution is 2.17. The van der Waals surface area contributed by atoms with Crippen molar-refractivity contribution in [3.8, 4) is 0 Å². The van der Waals surface area contributed by atoms with Crippen molar-refractivity contribution in [2.45, 2.75) is 32.0 Å². The van der Waals surface area contributed by atoms with Crippen molar-refractivity contribution in [3.63, 3.8) is 0 Å². The lowest BCUT2D eigenvalue weighted by molar-refractivity contribution is -0.166. The molecular weight excluding hydrogens is 241 g/mol. The minimum Gasteiger partial charge on any atom is -0.480 e. The first kappa shape index (κ1) is 15.7. The summed E-state index contributed by atoms with van der Waals surface area (Å²) in [5.41, 5.74) is 5.43. The molecule has 0 bridgehead atoms. The van der Waals surface area contributed by atoms with E-state index in [-0.39, 0.29) is 11.3 Å². The minimum absolute atomic E-state index is 0.248. The van der Waals surface area contributed by atoms with Gasteiger partial charge < -0.3 is 15.7 Å². The van der Waals surface area contributed by atoms with E-state index in [9.17, 15) is 22.8 Å². The van der Waals surface area contributed by atoms with Gasteiger partial charge in [-0.15, -0.1) is 0 Å². The molecular formula is C9H15F3N2O3. The van der Waals surface area contributed by atoms with Crippen LogP contribution in [-0.2, 0) is 9.59 Å². The lowest BCUT2D eigenvalue weighted by Crippen LogP contribution is -2.43. The number of nitrogens with two attached hydrogens (primary N) is 1. The molecule has 1 atom stereocenters. The molecule has 0 aromatic rings. The molecule has 0 aromatic carbocycles. The second kappa shape index (κ2) is 6.43. The van der Waals surface area contributed by atoms with Gasteiger partial charge in [-0.1, -0.05) is 6.92 Å². The largest absolute Gasteiger partial charge is 0.480 e. The number of hydrogen-bond donors (Lipinski definition) is 2. The van der Waals surface area contributed by atoms with E-state index in [4.69, 9.17) is 10.8 Å². The van der Waals surface area contributed by atoms with Crippen molar-refractivity contribution in [2.24, 2.45) is 5.73 Å². The third-order valence-corrected chi connectivity index (χ3v) is 2.01. The molecule has 0 saturated heterocycles. The van der Waals surface area contributed by atoms with Gasteiger partial charge in [0.25, 0.3) is 0 Å². The zero-order chi connectivity index (χ0) is 13.6. The van der Waals surface area contributed by atoms with Gasteiger partial charge in [0.1, 0.15) is 13.1 Å². The van der Waals surface area contributed by atoms with Gasteiger partial charge in [-0.3, -0.25) is 9.59 Å². The van der Waals surface area contributed by atoms with Crippen LogP contribution < -0.4 is 5.73 Å². The maximum absolute atomic E-state index is 12.1. The molecule has 0 radical (unpaired) electrons. The highest BCUT2D eigenvalue weighted by Gasteiger charge is 2.34. The number of carbonyl (C=O) groups excluding carboxylic acids is 1. The number of aliphatic carboxylic acids is 1. The second-order valence-electron chi connectivity index (χ2n) is 3.63. The Bertz CT molecular complexity index is 281. The zero-order valence-electron chi connectivity index (χ0n) is 9.33. The number of nitrogens with zero attached hydrogens (tertiary/aromatic N) is 1. The maximum atomic E-state index is 12.1. The van der Waals surface area contributed by atoms with Crippen molar-refractivity contribution in [1.29, 1.82) is 0 Å². The summed E-state index contributed by atoms with van der Waals surface area (Å²) in [7, 11) is 0. The molecule has 100 valence electrons. The minimum atomic E-state index is -4.62. The predicted octanol–water partition coefficient (Wildman–Crippen LogP) is 0.589. The first-order valence-corrected chi connectivity index (χ1v) is 4.97. The van der Waals surface area contributed by atoms with Crippen LogP contribution in [0.1, 0.15) is 19.8 Å². The Morgan fingerprint density at radius 1 is 1.41 bits per heavy atom. The average molecular weight is 256 g/mol. The van der Waals surface area contributed by atoms with E-state index >= 15 is 0 Å². The normalized spacial score (nSPS) is 13.2. The standard InChI is InChI=1S/C9H15F3N2O3/c1-2-6(13)3-7(15)14(4-8(16)17)5-9(10,11)12/h6H,2-5,13H2,1H3,(H,16,17). The van der Waals surface area contributed by atoms with Crippen molar-refractivity contribution in [1.82, 2.24) is 4.90 Å². The van der Waals surface area contributed by atoms with Gasteiger partial charge in [0, 0.05) is 12.5 Å². The third kappa shape index (κ3) is 7.56. The van der Waals surface area contributed by atoms with Gasteiger partial charge in [0.05, 0.1) is 0 Å². The second-order valence-corrected chi connectivity index (χ2v) is 3.63. The van der Waals surface area contributed by atoms with Crippen molar-refractivity contribution < 1.29 is 27.9 Å². The van der Waals surface area contributed by atoms with E-state index in [2.05, 4.69) is 0 Å². The van der Waals surface area contributed by atoms with Gasteiger partial charge in [-0.2, -0.15) is 13.2 Å². The molecule has 0 aliphatic heterocycles. The fraction of sp³-hybridized carbons (Fsp3) is 0.778. The number of amides is 1. The van der Waals surface area contributed by atoms with E-state index in [0.29, 0.717) is 6.42 Å². The summed E-state index contributed by atoms with van der Waals surface area (Å²) >= 11 is 0. The fourth-order valence-electron chi connectivity index (χ4n) is 1.11. The molecule has 0 spiro atoms. The van der Waals surface area contributed by atoms with E-state index in [1.54, 1.807) is 6.92 Å². The van der Waals surface area contributed by atoms with Gasteiger partial charge in [0.2, 0.25) is 5.91 Å². The fourth-order valence-corrected chi connectivity index (χ4v) is 1.11. The Morgan fingerprint density at radius 2 is 1.94 bits per heavy atom. The topological polar surface area (TPSA) is 83.6 Å². The number of rotatable bonds is 6. The average Bonchev–Trinajstić information content (AvgIpc) is 2.13. The first-order valence-electron chi connectivity index (χ1n) is 4.97. The van der Waals surface area contributed by atoms with Gasteiger partial charge in [-0.25, -0.2) is 0 Å². The van der Waals surface area contributed by atoms with Gasteiger partial charge >= 0.3 is 12.1 Å². The summed E-state index contributed by atoms with van der Waals surface area (Å²) in [4.78, 5) is 22.0. The maximum Gasteiger partial charge on any atom is 0.406 e. The summed E-state index contributed by atoms with van der Waals surface area (Å²) in [6, 6.07) is -0.563. The van der Waals surface area contributed by atoms with Crippen LogP contribution in [0.4, 0.5) is 13.2 Å². The van der Waals surface area contributed by atoms with Crippen LogP contribution in [0, 0.1) is 0 Å².